The molecule has 132 valence electrons. The minimum absolute atomic E-state index is 0.298. The van der Waals surface area contributed by atoms with E-state index in [1.54, 1.807) is 6.20 Å². The molecule has 0 aromatic carbocycles. The number of aromatic nitrogens is 1. The van der Waals surface area contributed by atoms with Gasteiger partial charge in [0.15, 0.2) is 0 Å². The summed E-state index contributed by atoms with van der Waals surface area (Å²) in [5.41, 5.74) is 0.524. The smallest absolute Gasteiger partial charge is 0.339 e. The van der Waals surface area contributed by atoms with E-state index in [-0.39, 0.29) is 5.97 Å². The maximum Gasteiger partial charge on any atom is 0.339 e. The van der Waals surface area contributed by atoms with E-state index in [2.05, 4.69) is 21.7 Å². The Labute approximate surface area is 145 Å². The summed E-state index contributed by atoms with van der Waals surface area (Å²) in [4.78, 5) is 21.1. The Morgan fingerprint density at radius 3 is 2.46 bits per heavy atom. The predicted molar refractivity (Wildman–Crippen MR) is 95.4 cm³/mol. The number of carbonyl (C=O) groups excluding carboxylic acids is 1. The molecule has 1 aromatic heterocycles. The lowest BCUT2D eigenvalue weighted by Crippen LogP contribution is -2.51. The highest BCUT2D eigenvalue weighted by Gasteiger charge is 2.27. The first-order chi connectivity index (χ1) is 11.7. The van der Waals surface area contributed by atoms with Crippen LogP contribution in [0, 0.1) is 5.92 Å². The molecule has 5 heteroatoms. The molecule has 1 aliphatic carbocycles. The van der Waals surface area contributed by atoms with Crippen LogP contribution in [0.5, 0.6) is 0 Å². The van der Waals surface area contributed by atoms with Crippen LogP contribution < -0.4 is 4.90 Å². The number of nitrogens with zero attached hydrogens (tertiary/aromatic N) is 3. The van der Waals surface area contributed by atoms with Crippen molar-refractivity contribution < 1.29 is 9.53 Å². The van der Waals surface area contributed by atoms with Gasteiger partial charge >= 0.3 is 5.97 Å². The van der Waals surface area contributed by atoms with Gasteiger partial charge in [0.05, 0.1) is 12.2 Å². The topological polar surface area (TPSA) is 45.7 Å². The van der Waals surface area contributed by atoms with Crippen molar-refractivity contribution in [3.05, 3.63) is 23.9 Å². The number of carbonyl (C=O) groups is 1. The van der Waals surface area contributed by atoms with Gasteiger partial charge < -0.3 is 9.64 Å². The van der Waals surface area contributed by atoms with Gasteiger partial charge in [0, 0.05) is 38.4 Å². The molecule has 1 aliphatic heterocycles. The van der Waals surface area contributed by atoms with Crippen molar-refractivity contribution >= 4 is 11.8 Å². The standard InChI is InChI=1S/C19H29N3O2/c1-3-24-19(23)16-6-9-18(20-14-16)22-12-10-21(11-13-22)17-7-4-15(2)5-8-17/h6,9,14-15,17H,3-5,7-8,10-13H2,1-2H3. The second-order valence-corrected chi connectivity index (χ2v) is 7.06. The van der Waals surface area contributed by atoms with Crippen LogP contribution in [0.1, 0.15) is 49.9 Å². The highest BCUT2D eigenvalue weighted by Crippen LogP contribution is 2.28. The first-order valence-electron chi connectivity index (χ1n) is 9.29. The summed E-state index contributed by atoms with van der Waals surface area (Å²) >= 11 is 0. The summed E-state index contributed by atoms with van der Waals surface area (Å²) in [5.74, 6) is 1.57. The van der Waals surface area contributed by atoms with Gasteiger partial charge in [-0.05, 0) is 50.7 Å². The largest absolute Gasteiger partial charge is 0.462 e. The molecule has 0 unspecified atom stereocenters. The Bertz CT molecular complexity index is 530. The summed E-state index contributed by atoms with van der Waals surface area (Å²) in [5, 5.41) is 0. The molecule has 0 spiro atoms. The van der Waals surface area contributed by atoms with E-state index >= 15 is 0 Å². The SMILES string of the molecule is CCOC(=O)c1ccc(N2CCN(C3CCC(C)CC3)CC2)nc1. The lowest BCUT2D eigenvalue weighted by atomic mass is 9.86. The average Bonchev–Trinajstić information content (AvgIpc) is 2.63. The van der Waals surface area contributed by atoms with Gasteiger partial charge in [-0.15, -0.1) is 0 Å². The van der Waals surface area contributed by atoms with Crippen molar-refractivity contribution in [2.75, 3.05) is 37.7 Å². The molecule has 2 fully saturated rings. The fourth-order valence-corrected chi connectivity index (χ4v) is 3.83. The van der Waals surface area contributed by atoms with Crippen LogP contribution in [-0.4, -0.2) is 54.7 Å². The van der Waals surface area contributed by atoms with E-state index in [1.807, 2.05) is 19.1 Å². The number of anilines is 1. The van der Waals surface area contributed by atoms with Crippen molar-refractivity contribution in [3.8, 4) is 0 Å². The third-order valence-corrected chi connectivity index (χ3v) is 5.40. The summed E-state index contributed by atoms with van der Waals surface area (Å²) in [6, 6.07) is 4.53. The first kappa shape index (κ1) is 17.2. The van der Waals surface area contributed by atoms with E-state index in [4.69, 9.17) is 4.74 Å². The van der Waals surface area contributed by atoms with E-state index in [9.17, 15) is 4.79 Å². The zero-order chi connectivity index (χ0) is 16.9. The Morgan fingerprint density at radius 2 is 1.88 bits per heavy atom. The molecule has 0 N–H and O–H groups in total. The fraction of sp³-hybridized carbons (Fsp3) is 0.684. The van der Waals surface area contributed by atoms with E-state index in [0.29, 0.717) is 12.2 Å². The highest BCUT2D eigenvalue weighted by molar-refractivity contribution is 5.89. The molecule has 0 bridgehead atoms. The van der Waals surface area contributed by atoms with E-state index in [1.165, 1.54) is 25.7 Å². The maximum absolute atomic E-state index is 11.7. The van der Waals surface area contributed by atoms with Crippen LogP contribution in [0.15, 0.2) is 18.3 Å². The predicted octanol–water partition coefficient (Wildman–Crippen LogP) is 2.96. The molecular formula is C19H29N3O2. The molecule has 3 rings (SSSR count). The molecule has 2 aliphatic rings. The Hall–Kier alpha value is -1.62. The molecule has 24 heavy (non-hydrogen) atoms. The summed E-state index contributed by atoms with van der Waals surface area (Å²) in [7, 11) is 0. The number of rotatable bonds is 4. The number of piperazine rings is 1. The number of pyridine rings is 1. The highest BCUT2D eigenvalue weighted by atomic mass is 16.5. The van der Waals surface area contributed by atoms with Gasteiger partial charge in [-0.25, -0.2) is 9.78 Å². The van der Waals surface area contributed by atoms with Crippen LogP contribution in [0.2, 0.25) is 0 Å². The van der Waals surface area contributed by atoms with Crippen molar-refractivity contribution in [2.45, 2.75) is 45.6 Å². The van der Waals surface area contributed by atoms with Crippen LogP contribution in [0.25, 0.3) is 0 Å². The van der Waals surface area contributed by atoms with Gasteiger partial charge in [-0.2, -0.15) is 0 Å². The van der Waals surface area contributed by atoms with Crippen molar-refractivity contribution in [1.82, 2.24) is 9.88 Å². The number of hydrogen-bond donors (Lipinski definition) is 0. The number of hydrogen-bond acceptors (Lipinski definition) is 5. The first-order valence-corrected chi connectivity index (χ1v) is 9.29. The van der Waals surface area contributed by atoms with E-state index < -0.39 is 0 Å². The van der Waals surface area contributed by atoms with Crippen LogP contribution in [0.3, 0.4) is 0 Å². The Morgan fingerprint density at radius 1 is 1.17 bits per heavy atom. The molecule has 0 amide bonds. The normalized spacial score (nSPS) is 25.5. The second-order valence-electron chi connectivity index (χ2n) is 7.06. The molecule has 1 saturated carbocycles. The molecule has 5 nitrogen and oxygen atoms in total. The zero-order valence-corrected chi connectivity index (χ0v) is 14.9. The Kier molecular flexibility index (Phi) is 5.72. The quantitative estimate of drug-likeness (QED) is 0.794. The summed E-state index contributed by atoms with van der Waals surface area (Å²) in [6.07, 6.45) is 7.09. The third-order valence-electron chi connectivity index (χ3n) is 5.40. The molecule has 2 heterocycles. The molecule has 0 atom stereocenters. The number of esters is 1. The minimum atomic E-state index is -0.298. The van der Waals surface area contributed by atoms with E-state index in [0.717, 1.165) is 44.0 Å². The number of ether oxygens (including phenoxy) is 1. The molecular weight excluding hydrogens is 302 g/mol. The van der Waals surface area contributed by atoms with Crippen molar-refractivity contribution in [3.63, 3.8) is 0 Å². The lowest BCUT2D eigenvalue weighted by Gasteiger charge is -2.42. The minimum Gasteiger partial charge on any atom is -0.462 e. The second kappa shape index (κ2) is 7.97. The average molecular weight is 331 g/mol. The van der Waals surface area contributed by atoms with Crippen LogP contribution in [0.4, 0.5) is 5.82 Å². The summed E-state index contributed by atoms with van der Waals surface area (Å²) < 4.78 is 5.00. The fourth-order valence-electron chi connectivity index (χ4n) is 3.83. The van der Waals surface area contributed by atoms with Gasteiger partial charge in [0.25, 0.3) is 0 Å². The molecule has 1 saturated heterocycles. The van der Waals surface area contributed by atoms with Crippen molar-refractivity contribution in [1.29, 1.82) is 0 Å². The molecule has 1 aromatic rings. The third kappa shape index (κ3) is 4.07. The van der Waals surface area contributed by atoms with Gasteiger partial charge in [0.1, 0.15) is 5.82 Å². The van der Waals surface area contributed by atoms with Crippen molar-refractivity contribution in [2.24, 2.45) is 5.92 Å². The van der Waals surface area contributed by atoms with Gasteiger partial charge in [-0.1, -0.05) is 6.92 Å². The summed E-state index contributed by atoms with van der Waals surface area (Å²) in [6.45, 7) is 8.82. The van der Waals surface area contributed by atoms with Crippen LogP contribution >= 0.6 is 0 Å². The van der Waals surface area contributed by atoms with Gasteiger partial charge in [0.2, 0.25) is 0 Å². The van der Waals surface area contributed by atoms with Gasteiger partial charge in [-0.3, -0.25) is 4.90 Å². The van der Waals surface area contributed by atoms with Crippen LogP contribution in [-0.2, 0) is 4.74 Å². The lowest BCUT2D eigenvalue weighted by molar-refractivity contribution is 0.0526. The Balaban J connectivity index is 1.52. The maximum atomic E-state index is 11.7. The monoisotopic (exact) mass is 331 g/mol. The zero-order valence-electron chi connectivity index (χ0n) is 14.9. The molecule has 0 radical (unpaired) electrons.